The molecule has 2 heterocycles. The summed E-state index contributed by atoms with van der Waals surface area (Å²) in [5.74, 6) is 0.0279. The lowest BCUT2D eigenvalue weighted by atomic mass is 10.0. The molecule has 10 nitrogen and oxygen atoms in total. The van der Waals surface area contributed by atoms with Crippen molar-refractivity contribution < 1.29 is 23.8 Å². The predicted molar refractivity (Wildman–Crippen MR) is 171 cm³/mol. The summed E-state index contributed by atoms with van der Waals surface area (Å²) in [4.78, 5) is 18.8. The van der Waals surface area contributed by atoms with Gasteiger partial charge in [0.25, 0.3) is 5.56 Å². The van der Waals surface area contributed by atoms with Gasteiger partial charge >= 0.3 is 7.60 Å². The molecule has 1 aromatic rings. The zero-order valence-electron chi connectivity index (χ0n) is 26.1. The minimum Gasteiger partial charge on any atom is -0.396 e. The average Bonchev–Trinajstić information content (AvgIpc) is 3.41. The van der Waals surface area contributed by atoms with E-state index in [0.29, 0.717) is 45.0 Å². The van der Waals surface area contributed by atoms with Gasteiger partial charge in [0.2, 0.25) is 0 Å². The first-order chi connectivity index (χ1) is 20.5. The van der Waals surface area contributed by atoms with Gasteiger partial charge in [0, 0.05) is 31.7 Å². The first-order valence-corrected chi connectivity index (χ1v) is 18.4. The number of anilines is 1. The highest BCUT2D eigenvalue weighted by Crippen LogP contribution is 2.49. The number of nitrogens with zero attached hydrogens (tertiary/aromatic N) is 1. The van der Waals surface area contributed by atoms with Crippen LogP contribution in [0.15, 0.2) is 11.1 Å². The molecule has 2 unspecified atom stereocenters. The fourth-order valence-electron chi connectivity index (χ4n) is 5.52. The monoisotopic (exact) mass is 614 g/mol. The molecule has 3 atom stereocenters. The van der Waals surface area contributed by atoms with E-state index in [1.807, 2.05) is 6.92 Å². The van der Waals surface area contributed by atoms with Crippen molar-refractivity contribution in [1.82, 2.24) is 15.3 Å². The van der Waals surface area contributed by atoms with Gasteiger partial charge in [0.1, 0.15) is 5.69 Å². The van der Waals surface area contributed by atoms with Crippen LogP contribution in [0, 0.1) is 0 Å². The number of aromatic nitrogens is 2. The van der Waals surface area contributed by atoms with Crippen LogP contribution in [0.25, 0.3) is 0 Å². The molecule has 0 fully saturated rings. The fourth-order valence-corrected chi connectivity index (χ4v) is 7.28. The lowest BCUT2D eigenvalue weighted by Crippen LogP contribution is -2.36. The summed E-state index contributed by atoms with van der Waals surface area (Å²) in [6, 6.07) is -0.249. The third-order valence-electron chi connectivity index (χ3n) is 8.09. The molecule has 1 aromatic heterocycles. The zero-order valence-corrected chi connectivity index (χ0v) is 27.0. The Hall–Kier alpha value is -1.29. The average molecular weight is 615 g/mol. The van der Waals surface area contributed by atoms with E-state index in [-0.39, 0.29) is 30.3 Å². The molecule has 1 aliphatic heterocycles. The molecule has 1 aliphatic rings. The maximum Gasteiger partial charge on any atom is 0.330 e. The van der Waals surface area contributed by atoms with Crippen LogP contribution in [-0.2, 0) is 13.6 Å². The Balaban J connectivity index is 1.49. The molecule has 244 valence electrons. The third-order valence-corrected chi connectivity index (χ3v) is 10.1. The zero-order chi connectivity index (χ0) is 30.3. The third kappa shape index (κ3) is 15.4. The first kappa shape index (κ1) is 36.9. The van der Waals surface area contributed by atoms with Crippen LogP contribution in [0.1, 0.15) is 128 Å². The number of aliphatic hydroxyl groups excluding tert-OH is 2. The fraction of sp³-hybridized carbons (Fsp3) is 0.871. The normalized spacial score (nSPS) is 16.7. The second-order valence-electron chi connectivity index (χ2n) is 11.6. The van der Waals surface area contributed by atoms with Gasteiger partial charge in [-0.2, -0.15) is 0 Å². The van der Waals surface area contributed by atoms with E-state index in [1.165, 1.54) is 89.8 Å². The van der Waals surface area contributed by atoms with Gasteiger partial charge in [-0.15, -0.1) is 0 Å². The lowest BCUT2D eigenvalue weighted by molar-refractivity contribution is 0.201. The van der Waals surface area contributed by atoms with Crippen LogP contribution in [0.3, 0.4) is 0 Å². The summed E-state index contributed by atoms with van der Waals surface area (Å²) in [6.45, 7) is 3.98. The maximum atomic E-state index is 13.2. The quantitative estimate of drug-likeness (QED) is 0.0558. The van der Waals surface area contributed by atoms with E-state index in [9.17, 15) is 14.5 Å². The van der Waals surface area contributed by atoms with Crippen molar-refractivity contribution in [2.75, 3.05) is 51.0 Å². The molecular weight excluding hydrogens is 555 g/mol. The van der Waals surface area contributed by atoms with Gasteiger partial charge < -0.3 is 34.9 Å². The standard InChI is InChI=1S/C31H59N4O6P/c1-2-40-42(39,22-19-28(25-37)32-23-27-24-33-30-29(27)34-26-35-31(30)38)41-21-18-16-14-12-10-8-6-4-3-5-7-9-11-13-15-17-20-36/h26-28,32-33,36-37H,2-25H2,1H3,(H,34,35,38)/t27?,28-,42?/m0/s1. The van der Waals surface area contributed by atoms with Crippen molar-refractivity contribution in [3.63, 3.8) is 0 Å². The number of hydrogen-bond donors (Lipinski definition) is 5. The van der Waals surface area contributed by atoms with Crippen molar-refractivity contribution in [1.29, 1.82) is 0 Å². The molecule has 0 aliphatic carbocycles. The van der Waals surface area contributed by atoms with E-state index in [2.05, 4.69) is 20.6 Å². The van der Waals surface area contributed by atoms with E-state index < -0.39 is 7.60 Å². The molecule has 11 heteroatoms. The number of hydrogen-bond acceptors (Lipinski definition) is 9. The number of unbranched alkanes of at least 4 members (excludes halogenated alkanes) is 15. The van der Waals surface area contributed by atoms with E-state index in [4.69, 9.17) is 14.2 Å². The van der Waals surface area contributed by atoms with Crippen molar-refractivity contribution in [2.24, 2.45) is 0 Å². The number of rotatable bonds is 28. The molecule has 0 spiro atoms. The number of H-pyrrole nitrogens is 1. The predicted octanol–water partition coefficient (Wildman–Crippen LogP) is 6.10. The molecule has 0 radical (unpaired) electrons. The highest BCUT2D eigenvalue weighted by molar-refractivity contribution is 7.53. The Kier molecular flexibility index (Phi) is 20.3. The Bertz CT molecular complexity index is 918. The topological polar surface area (TPSA) is 146 Å². The minimum absolute atomic E-state index is 0.0279. The highest BCUT2D eigenvalue weighted by Gasteiger charge is 2.28. The number of fused-ring (bicyclic) bond motifs is 1. The summed E-state index contributed by atoms with van der Waals surface area (Å²) in [5, 5.41) is 25.1. The molecule has 0 amide bonds. The summed E-state index contributed by atoms with van der Waals surface area (Å²) in [6.07, 6.45) is 21.9. The Morgan fingerprint density at radius 3 is 2.05 bits per heavy atom. The summed E-state index contributed by atoms with van der Waals surface area (Å²) >= 11 is 0. The Labute approximate surface area is 253 Å². The summed E-state index contributed by atoms with van der Waals surface area (Å²) in [7, 11) is -3.22. The van der Waals surface area contributed by atoms with Crippen molar-refractivity contribution in [3.8, 4) is 0 Å². The number of aliphatic hydroxyl groups is 2. The van der Waals surface area contributed by atoms with Crippen LogP contribution in [0.5, 0.6) is 0 Å². The Morgan fingerprint density at radius 2 is 1.50 bits per heavy atom. The van der Waals surface area contributed by atoms with Gasteiger partial charge in [0.15, 0.2) is 0 Å². The Morgan fingerprint density at radius 1 is 0.929 bits per heavy atom. The highest BCUT2D eigenvalue weighted by atomic mass is 31.2. The van der Waals surface area contributed by atoms with Gasteiger partial charge in [-0.05, 0) is 26.2 Å². The second-order valence-corrected chi connectivity index (χ2v) is 13.8. The smallest absolute Gasteiger partial charge is 0.330 e. The molecule has 0 aromatic carbocycles. The molecule has 42 heavy (non-hydrogen) atoms. The molecule has 0 saturated carbocycles. The number of aromatic amines is 1. The minimum atomic E-state index is -3.22. The van der Waals surface area contributed by atoms with Gasteiger partial charge in [-0.1, -0.05) is 89.9 Å². The van der Waals surface area contributed by atoms with E-state index >= 15 is 0 Å². The molecule has 0 bridgehead atoms. The van der Waals surface area contributed by atoms with E-state index in [0.717, 1.165) is 25.0 Å². The number of nitrogens with one attached hydrogen (secondary N) is 3. The molecule has 2 rings (SSSR count). The van der Waals surface area contributed by atoms with Crippen LogP contribution in [0.4, 0.5) is 5.69 Å². The largest absolute Gasteiger partial charge is 0.396 e. The van der Waals surface area contributed by atoms with Crippen molar-refractivity contribution in [3.05, 3.63) is 22.4 Å². The van der Waals surface area contributed by atoms with Crippen LogP contribution < -0.4 is 16.2 Å². The SMILES string of the molecule is CCOP(=O)(CC[C@@H](CO)NCC1CNc2c1nc[nH]c2=O)OCCCCCCCCCCCCCCCCCCO. The molecule has 0 saturated heterocycles. The van der Waals surface area contributed by atoms with Crippen molar-refractivity contribution in [2.45, 2.75) is 128 Å². The van der Waals surface area contributed by atoms with Crippen LogP contribution in [-0.4, -0.2) is 71.9 Å². The van der Waals surface area contributed by atoms with Gasteiger partial charge in [-0.3, -0.25) is 9.36 Å². The summed E-state index contributed by atoms with van der Waals surface area (Å²) in [5.41, 5.74) is 1.07. The second kappa shape index (κ2) is 23.1. The lowest BCUT2D eigenvalue weighted by Gasteiger charge is -2.22. The van der Waals surface area contributed by atoms with Gasteiger partial charge in [-0.25, -0.2) is 4.98 Å². The molecule has 5 N–H and O–H groups in total. The maximum absolute atomic E-state index is 13.2. The van der Waals surface area contributed by atoms with Crippen LogP contribution >= 0.6 is 7.60 Å². The summed E-state index contributed by atoms with van der Waals surface area (Å²) < 4.78 is 24.6. The van der Waals surface area contributed by atoms with Crippen LogP contribution in [0.2, 0.25) is 0 Å². The first-order valence-electron chi connectivity index (χ1n) is 16.7. The molecular formula is C31H59N4O6P. The van der Waals surface area contributed by atoms with Gasteiger partial charge in [0.05, 0.1) is 38.0 Å². The van der Waals surface area contributed by atoms with Crippen molar-refractivity contribution >= 4 is 13.3 Å². The van der Waals surface area contributed by atoms with E-state index in [1.54, 1.807) is 0 Å².